The van der Waals surface area contributed by atoms with E-state index in [0.29, 0.717) is 10.8 Å². The predicted molar refractivity (Wildman–Crippen MR) is 67.7 cm³/mol. The van der Waals surface area contributed by atoms with Gasteiger partial charge in [-0.15, -0.1) is 0 Å². The van der Waals surface area contributed by atoms with Crippen molar-refractivity contribution in [1.29, 1.82) is 0 Å². The molecule has 0 fully saturated rings. The lowest BCUT2D eigenvalue weighted by Crippen LogP contribution is -2.34. The molecule has 0 aliphatic rings. The van der Waals surface area contributed by atoms with Crippen LogP contribution in [0.2, 0.25) is 5.02 Å². The quantitative estimate of drug-likeness (QED) is 0.679. The van der Waals surface area contributed by atoms with Gasteiger partial charge in [-0.2, -0.15) is 0 Å². The van der Waals surface area contributed by atoms with Crippen molar-refractivity contribution in [1.82, 2.24) is 5.32 Å². The van der Waals surface area contributed by atoms with Crippen molar-refractivity contribution in [2.45, 2.75) is 12.5 Å². The molecule has 5 nitrogen and oxygen atoms in total. The first-order chi connectivity index (χ1) is 8.63. The van der Waals surface area contributed by atoms with Gasteiger partial charge < -0.3 is 20.3 Å². The molecule has 0 aliphatic carbocycles. The zero-order valence-electron chi connectivity index (χ0n) is 9.80. The minimum atomic E-state index is -0.932. The molecule has 1 atom stereocenters. The first-order valence-corrected chi connectivity index (χ1v) is 5.94. The second-order valence-corrected chi connectivity index (χ2v) is 4.08. The van der Waals surface area contributed by atoms with Crippen LogP contribution in [0.4, 0.5) is 0 Å². The molecule has 0 saturated carbocycles. The summed E-state index contributed by atoms with van der Waals surface area (Å²) >= 11 is 5.87. The van der Waals surface area contributed by atoms with Crippen molar-refractivity contribution >= 4 is 17.5 Å². The van der Waals surface area contributed by atoms with Gasteiger partial charge in [-0.3, -0.25) is 4.79 Å². The molecular formula is C12H16ClNO4. The number of aliphatic hydroxyl groups is 2. The van der Waals surface area contributed by atoms with E-state index in [2.05, 4.69) is 5.32 Å². The van der Waals surface area contributed by atoms with E-state index in [1.54, 1.807) is 24.3 Å². The van der Waals surface area contributed by atoms with Crippen LogP contribution >= 0.6 is 11.6 Å². The van der Waals surface area contributed by atoms with Crippen molar-refractivity contribution in [3.8, 4) is 5.75 Å². The van der Waals surface area contributed by atoms with E-state index in [1.807, 2.05) is 0 Å². The molecule has 3 N–H and O–H groups in total. The fraction of sp³-hybridized carbons (Fsp3) is 0.417. The summed E-state index contributed by atoms with van der Waals surface area (Å²) in [6.45, 7) is -0.150. The fourth-order valence-corrected chi connectivity index (χ4v) is 1.39. The molecule has 6 heteroatoms. The summed E-state index contributed by atoms with van der Waals surface area (Å²) in [5.41, 5.74) is 0. The van der Waals surface area contributed by atoms with E-state index < -0.39 is 6.10 Å². The van der Waals surface area contributed by atoms with Gasteiger partial charge in [-0.25, -0.2) is 0 Å². The lowest BCUT2D eigenvalue weighted by Gasteiger charge is -2.10. The number of hydrogen-bond acceptors (Lipinski definition) is 4. The number of aliphatic hydroxyl groups excluding tert-OH is 2. The Balaban J connectivity index is 2.22. The summed E-state index contributed by atoms with van der Waals surface area (Å²) in [5.74, 6) is 0.275. The summed E-state index contributed by atoms with van der Waals surface area (Å²) in [5, 5.41) is 20.6. The number of benzene rings is 1. The van der Waals surface area contributed by atoms with Crippen LogP contribution in [-0.2, 0) is 4.79 Å². The van der Waals surface area contributed by atoms with Crippen LogP contribution in [0.25, 0.3) is 0 Å². The number of rotatable bonds is 7. The van der Waals surface area contributed by atoms with Crippen LogP contribution in [0.15, 0.2) is 24.3 Å². The molecule has 0 aliphatic heterocycles. The highest BCUT2D eigenvalue weighted by molar-refractivity contribution is 6.32. The van der Waals surface area contributed by atoms with Gasteiger partial charge in [0.1, 0.15) is 5.75 Å². The van der Waals surface area contributed by atoms with Gasteiger partial charge in [0.25, 0.3) is 0 Å². The maximum absolute atomic E-state index is 11.3. The summed E-state index contributed by atoms with van der Waals surface area (Å²) in [6.07, 6.45) is -0.776. The molecule has 1 rings (SSSR count). The number of para-hydroxylation sites is 1. The summed E-state index contributed by atoms with van der Waals surface area (Å²) in [6, 6.07) is 7.00. The fourth-order valence-electron chi connectivity index (χ4n) is 1.20. The zero-order valence-corrected chi connectivity index (χ0v) is 10.6. The minimum Gasteiger partial charge on any atom is -0.491 e. The number of carbonyl (C=O) groups is 1. The lowest BCUT2D eigenvalue weighted by atomic mass is 10.3. The molecular weight excluding hydrogens is 258 g/mol. The van der Waals surface area contributed by atoms with E-state index >= 15 is 0 Å². The van der Waals surface area contributed by atoms with Crippen molar-refractivity contribution in [3.05, 3.63) is 29.3 Å². The summed E-state index contributed by atoms with van der Waals surface area (Å²) < 4.78 is 5.34. The Morgan fingerprint density at radius 3 is 2.83 bits per heavy atom. The Hall–Kier alpha value is -1.30. The first-order valence-electron chi connectivity index (χ1n) is 5.56. The normalized spacial score (nSPS) is 11.9. The van der Waals surface area contributed by atoms with E-state index in [1.165, 1.54) is 0 Å². The Bertz CT molecular complexity index is 386. The Kier molecular flexibility index (Phi) is 6.49. The highest BCUT2D eigenvalue weighted by Crippen LogP contribution is 2.22. The SMILES string of the molecule is O=C(CCOc1ccccc1Cl)NCC(O)CO. The molecule has 1 aromatic carbocycles. The number of halogens is 1. The topological polar surface area (TPSA) is 78.8 Å². The number of nitrogens with one attached hydrogen (secondary N) is 1. The molecule has 1 aromatic rings. The van der Waals surface area contributed by atoms with Crippen LogP contribution in [0.5, 0.6) is 5.75 Å². The number of hydrogen-bond donors (Lipinski definition) is 3. The van der Waals surface area contributed by atoms with E-state index in [9.17, 15) is 4.79 Å². The maximum Gasteiger partial charge on any atom is 0.223 e. The molecule has 0 bridgehead atoms. The van der Waals surface area contributed by atoms with Crippen molar-refractivity contribution in [3.63, 3.8) is 0 Å². The van der Waals surface area contributed by atoms with E-state index in [4.69, 9.17) is 26.6 Å². The Labute approximate surface area is 110 Å². The van der Waals surface area contributed by atoms with E-state index in [0.717, 1.165) is 0 Å². The van der Waals surface area contributed by atoms with Gasteiger partial charge in [-0.1, -0.05) is 23.7 Å². The standard InChI is InChI=1S/C12H16ClNO4/c13-10-3-1-2-4-11(10)18-6-5-12(17)14-7-9(16)8-15/h1-4,9,15-16H,5-8H2,(H,14,17). The smallest absolute Gasteiger partial charge is 0.223 e. The monoisotopic (exact) mass is 273 g/mol. The summed E-state index contributed by atoms with van der Waals surface area (Å²) in [7, 11) is 0. The van der Waals surface area contributed by atoms with Crippen LogP contribution in [0, 0.1) is 0 Å². The van der Waals surface area contributed by atoms with Crippen LogP contribution in [0.3, 0.4) is 0 Å². The zero-order chi connectivity index (χ0) is 13.4. The van der Waals surface area contributed by atoms with Crippen LogP contribution < -0.4 is 10.1 Å². The number of carbonyl (C=O) groups excluding carboxylic acids is 1. The molecule has 18 heavy (non-hydrogen) atoms. The van der Waals surface area contributed by atoms with Crippen LogP contribution in [-0.4, -0.2) is 42.0 Å². The van der Waals surface area contributed by atoms with E-state index in [-0.39, 0.29) is 32.1 Å². The second kappa shape index (κ2) is 7.92. The number of amides is 1. The van der Waals surface area contributed by atoms with Crippen molar-refractivity contribution < 1.29 is 19.7 Å². The third-order valence-electron chi connectivity index (χ3n) is 2.17. The predicted octanol–water partition coefficient (Wildman–Crippen LogP) is 0.578. The third-order valence-corrected chi connectivity index (χ3v) is 2.48. The average Bonchev–Trinajstić information content (AvgIpc) is 2.38. The maximum atomic E-state index is 11.3. The van der Waals surface area contributed by atoms with Crippen LogP contribution in [0.1, 0.15) is 6.42 Å². The molecule has 1 amide bonds. The van der Waals surface area contributed by atoms with Gasteiger partial charge in [-0.05, 0) is 12.1 Å². The highest BCUT2D eigenvalue weighted by atomic mass is 35.5. The highest BCUT2D eigenvalue weighted by Gasteiger charge is 2.06. The van der Waals surface area contributed by atoms with Gasteiger partial charge >= 0.3 is 0 Å². The molecule has 0 aromatic heterocycles. The van der Waals surface area contributed by atoms with Crippen molar-refractivity contribution in [2.75, 3.05) is 19.8 Å². The molecule has 0 saturated heterocycles. The third kappa shape index (κ3) is 5.35. The molecule has 0 heterocycles. The Morgan fingerprint density at radius 2 is 2.17 bits per heavy atom. The summed E-state index contributed by atoms with van der Waals surface area (Å²) in [4.78, 5) is 11.3. The van der Waals surface area contributed by atoms with Gasteiger partial charge in [0.15, 0.2) is 0 Å². The molecule has 1 unspecified atom stereocenters. The first kappa shape index (κ1) is 14.8. The lowest BCUT2D eigenvalue weighted by molar-refractivity contribution is -0.122. The second-order valence-electron chi connectivity index (χ2n) is 3.67. The molecule has 0 spiro atoms. The van der Waals surface area contributed by atoms with Gasteiger partial charge in [0, 0.05) is 6.54 Å². The largest absolute Gasteiger partial charge is 0.491 e. The Morgan fingerprint density at radius 1 is 1.44 bits per heavy atom. The average molecular weight is 274 g/mol. The minimum absolute atomic E-state index is 0.0292. The number of ether oxygens (including phenoxy) is 1. The molecule has 100 valence electrons. The van der Waals surface area contributed by atoms with Gasteiger partial charge in [0.05, 0.1) is 30.8 Å². The van der Waals surface area contributed by atoms with Gasteiger partial charge in [0.2, 0.25) is 5.91 Å². The molecule has 0 radical (unpaired) electrons. The van der Waals surface area contributed by atoms with Crippen molar-refractivity contribution in [2.24, 2.45) is 0 Å².